The Morgan fingerprint density at radius 3 is 1.89 bits per heavy atom. The lowest BCUT2D eigenvalue weighted by molar-refractivity contribution is -0.189. The topological polar surface area (TPSA) is 38.7 Å². The smallest absolute Gasteiger partial charge is 0.394 e. The molecule has 0 saturated heterocycles. The van der Waals surface area contributed by atoms with Gasteiger partial charge >= 0.3 is 14.7 Å². The van der Waals surface area contributed by atoms with Gasteiger partial charge in [0.05, 0.1) is 6.23 Å². The van der Waals surface area contributed by atoms with Crippen molar-refractivity contribution in [3.05, 3.63) is 0 Å². The first-order chi connectivity index (χ1) is 8.10. The van der Waals surface area contributed by atoms with E-state index < -0.39 is 39.7 Å². The molecule has 0 aliphatic heterocycles. The fourth-order valence-corrected chi connectivity index (χ4v) is 3.20. The molecule has 0 saturated carbocycles. The summed E-state index contributed by atoms with van der Waals surface area (Å²) in [5.41, 5.74) is 0. The van der Waals surface area contributed by atoms with Gasteiger partial charge in [-0.05, 0) is 12.5 Å². The first kappa shape index (κ1) is 17.7. The second-order valence-electron chi connectivity index (χ2n) is 3.98. The lowest BCUT2D eigenvalue weighted by Crippen LogP contribution is -2.44. The van der Waals surface area contributed by atoms with Crippen molar-refractivity contribution in [1.29, 1.82) is 0 Å². The summed E-state index contributed by atoms with van der Waals surface area (Å²) < 4.78 is 71.4. The molecule has 0 rings (SSSR count). The second-order valence-corrected chi connectivity index (χ2v) is 7.43. The van der Waals surface area contributed by atoms with Crippen molar-refractivity contribution >= 4 is 8.56 Å². The molecular formula is C9H17F5O3Si. The molecule has 0 spiro atoms. The fourth-order valence-electron chi connectivity index (χ4n) is 1.49. The van der Waals surface area contributed by atoms with E-state index in [4.69, 9.17) is 14.0 Å². The van der Waals surface area contributed by atoms with Crippen molar-refractivity contribution in [2.75, 3.05) is 20.4 Å². The zero-order valence-electron chi connectivity index (χ0n) is 10.2. The van der Waals surface area contributed by atoms with E-state index in [0.29, 0.717) is 0 Å². The molecule has 0 atom stereocenters. The quantitative estimate of drug-likeness (QED) is 0.553. The SMILES string of the molecule is CO[Si](CO)(CCCC(F)(F)CC(F)(F)F)OC. The van der Waals surface area contributed by atoms with Gasteiger partial charge in [-0.15, -0.1) is 0 Å². The average Bonchev–Trinajstić information content (AvgIpc) is 2.21. The van der Waals surface area contributed by atoms with Crippen molar-refractivity contribution < 1.29 is 35.9 Å². The lowest BCUT2D eigenvalue weighted by Gasteiger charge is -2.26. The molecule has 0 bridgehead atoms. The molecule has 0 heterocycles. The molecule has 0 radical (unpaired) electrons. The van der Waals surface area contributed by atoms with Gasteiger partial charge in [-0.25, -0.2) is 8.78 Å². The van der Waals surface area contributed by atoms with Crippen LogP contribution in [0.15, 0.2) is 0 Å². The largest absolute Gasteiger partial charge is 0.396 e. The molecule has 110 valence electrons. The second kappa shape index (κ2) is 6.78. The number of aliphatic hydroxyl groups is 1. The zero-order chi connectivity index (χ0) is 14.4. The predicted octanol–water partition coefficient (Wildman–Crippen LogP) is 2.62. The highest BCUT2D eigenvalue weighted by molar-refractivity contribution is 6.67. The third-order valence-electron chi connectivity index (χ3n) is 2.54. The van der Waals surface area contributed by atoms with Crippen LogP contribution in [0.5, 0.6) is 0 Å². The van der Waals surface area contributed by atoms with Crippen LogP contribution in [-0.4, -0.2) is 46.2 Å². The van der Waals surface area contributed by atoms with E-state index in [0.717, 1.165) is 0 Å². The third kappa shape index (κ3) is 6.62. The summed E-state index contributed by atoms with van der Waals surface area (Å²) >= 11 is 0. The van der Waals surface area contributed by atoms with Crippen molar-refractivity contribution in [2.45, 2.75) is 37.4 Å². The molecule has 0 aliphatic carbocycles. The van der Waals surface area contributed by atoms with Crippen LogP contribution in [0.25, 0.3) is 0 Å². The Labute approximate surface area is 103 Å². The highest BCUT2D eigenvalue weighted by Crippen LogP contribution is 2.35. The molecular weight excluding hydrogens is 279 g/mol. The Balaban J connectivity index is 4.24. The monoisotopic (exact) mass is 296 g/mol. The molecule has 0 aromatic rings. The van der Waals surface area contributed by atoms with Gasteiger partial charge in [0.15, 0.2) is 0 Å². The van der Waals surface area contributed by atoms with Gasteiger partial charge in [-0.2, -0.15) is 13.2 Å². The van der Waals surface area contributed by atoms with E-state index in [1.54, 1.807) is 0 Å². The fraction of sp³-hybridized carbons (Fsp3) is 1.00. The highest BCUT2D eigenvalue weighted by atomic mass is 28.4. The van der Waals surface area contributed by atoms with Gasteiger partial charge in [-0.3, -0.25) is 0 Å². The number of hydrogen-bond acceptors (Lipinski definition) is 3. The van der Waals surface area contributed by atoms with E-state index in [9.17, 15) is 22.0 Å². The Hall–Kier alpha value is -0.253. The van der Waals surface area contributed by atoms with Gasteiger partial charge in [0.1, 0.15) is 6.42 Å². The summed E-state index contributed by atoms with van der Waals surface area (Å²) in [6, 6.07) is 0.0178. The first-order valence-corrected chi connectivity index (χ1v) is 7.48. The minimum Gasteiger partial charge on any atom is -0.396 e. The number of alkyl halides is 5. The van der Waals surface area contributed by atoms with E-state index in [1.807, 2.05) is 0 Å². The molecule has 18 heavy (non-hydrogen) atoms. The van der Waals surface area contributed by atoms with Crippen molar-refractivity contribution in [3.63, 3.8) is 0 Å². The minimum atomic E-state index is -4.89. The Bertz CT molecular complexity index is 235. The van der Waals surface area contributed by atoms with E-state index in [1.165, 1.54) is 14.2 Å². The van der Waals surface area contributed by atoms with E-state index in [2.05, 4.69) is 0 Å². The summed E-state index contributed by atoms with van der Waals surface area (Å²) in [7, 11) is -0.380. The number of rotatable bonds is 8. The summed E-state index contributed by atoms with van der Waals surface area (Å²) in [6.45, 7) is 0. The van der Waals surface area contributed by atoms with Crippen LogP contribution in [0.1, 0.15) is 19.3 Å². The predicted molar refractivity (Wildman–Crippen MR) is 56.5 cm³/mol. The molecule has 1 N–H and O–H groups in total. The van der Waals surface area contributed by atoms with Crippen LogP contribution in [0.2, 0.25) is 6.04 Å². The van der Waals surface area contributed by atoms with Gasteiger partial charge in [0.25, 0.3) is 5.92 Å². The molecule has 0 fully saturated rings. The minimum absolute atomic E-state index is 0.0178. The molecule has 0 unspecified atom stereocenters. The molecule has 0 amide bonds. The molecule has 0 aromatic carbocycles. The van der Waals surface area contributed by atoms with E-state index in [-0.39, 0.29) is 12.5 Å². The first-order valence-electron chi connectivity index (χ1n) is 5.25. The Morgan fingerprint density at radius 1 is 1.06 bits per heavy atom. The zero-order valence-corrected chi connectivity index (χ0v) is 11.2. The highest BCUT2D eigenvalue weighted by Gasteiger charge is 2.44. The van der Waals surface area contributed by atoms with Crippen molar-refractivity contribution in [1.82, 2.24) is 0 Å². The van der Waals surface area contributed by atoms with Crippen LogP contribution in [0.4, 0.5) is 22.0 Å². The normalized spacial score (nSPS) is 14.0. The van der Waals surface area contributed by atoms with Crippen molar-refractivity contribution in [3.8, 4) is 0 Å². The molecule has 0 aliphatic rings. The maximum Gasteiger partial charge on any atom is 0.394 e. The summed E-state index contributed by atoms with van der Waals surface area (Å²) in [5, 5.41) is 9.04. The van der Waals surface area contributed by atoms with Crippen LogP contribution < -0.4 is 0 Å². The average molecular weight is 296 g/mol. The number of aliphatic hydroxyl groups excluding tert-OH is 1. The number of hydrogen-bond donors (Lipinski definition) is 1. The van der Waals surface area contributed by atoms with Gasteiger partial charge in [-0.1, -0.05) is 0 Å². The van der Waals surface area contributed by atoms with Crippen molar-refractivity contribution in [2.24, 2.45) is 0 Å². The van der Waals surface area contributed by atoms with Gasteiger partial charge in [0, 0.05) is 20.6 Å². The standard InChI is InChI=1S/C9H17F5O3Si/c1-16-18(7-15,17-2)5-3-4-8(10,11)6-9(12,13)14/h15H,3-7H2,1-2H3. The van der Waals surface area contributed by atoms with Gasteiger partial charge in [0.2, 0.25) is 0 Å². The summed E-state index contributed by atoms with van der Waals surface area (Å²) in [5.74, 6) is -3.80. The molecule has 9 heteroatoms. The van der Waals surface area contributed by atoms with Crippen LogP contribution in [0.3, 0.4) is 0 Å². The molecule has 3 nitrogen and oxygen atoms in total. The summed E-state index contributed by atoms with van der Waals surface area (Å²) in [6.07, 6.45) is -8.55. The molecule has 0 aromatic heterocycles. The summed E-state index contributed by atoms with van der Waals surface area (Å²) in [4.78, 5) is 0. The lowest BCUT2D eigenvalue weighted by atomic mass is 10.1. The van der Waals surface area contributed by atoms with Crippen LogP contribution >= 0.6 is 0 Å². The number of halogens is 5. The maximum atomic E-state index is 13.0. The maximum absolute atomic E-state index is 13.0. The van der Waals surface area contributed by atoms with E-state index >= 15 is 0 Å². The van der Waals surface area contributed by atoms with Gasteiger partial charge < -0.3 is 14.0 Å². The Kier molecular flexibility index (Phi) is 6.69. The van der Waals surface area contributed by atoms with Crippen LogP contribution in [0, 0.1) is 0 Å². The van der Waals surface area contributed by atoms with Crippen LogP contribution in [-0.2, 0) is 8.85 Å². The third-order valence-corrected chi connectivity index (χ3v) is 5.63. The Morgan fingerprint density at radius 2 is 1.56 bits per heavy atom.